The number of carbonyl (C=O) groups is 1. The average molecular weight is 442 g/mol. The standard InChI is InChI=1S/C26H23FN4O2/c27-21-12-10-20(11-13-21)25(32)30-16-14-29(15-17-30)24-26(33)31(18-19-6-2-1-3-7-19)23-9-5-4-8-22(23)28-24/h1-13H,14-18H2. The van der Waals surface area contributed by atoms with Crippen LogP contribution in [0.5, 0.6) is 0 Å². The normalized spacial score (nSPS) is 14.0. The van der Waals surface area contributed by atoms with Crippen LogP contribution in [-0.4, -0.2) is 46.5 Å². The molecule has 1 fully saturated rings. The fourth-order valence-corrected chi connectivity index (χ4v) is 4.20. The second-order valence-corrected chi connectivity index (χ2v) is 8.09. The van der Waals surface area contributed by atoms with Crippen molar-refractivity contribution >= 4 is 22.8 Å². The van der Waals surface area contributed by atoms with Gasteiger partial charge in [-0.05, 0) is 42.0 Å². The molecule has 0 aliphatic carbocycles. The van der Waals surface area contributed by atoms with E-state index in [1.165, 1.54) is 24.3 Å². The zero-order valence-electron chi connectivity index (χ0n) is 18.0. The molecule has 1 aliphatic heterocycles. The van der Waals surface area contributed by atoms with Gasteiger partial charge in [0.2, 0.25) is 0 Å². The van der Waals surface area contributed by atoms with Gasteiger partial charge in [0, 0.05) is 31.7 Å². The average Bonchev–Trinajstić information content (AvgIpc) is 2.86. The zero-order valence-corrected chi connectivity index (χ0v) is 18.0. The van der Waals surface area contributed by atoms with Crippen LogP contribution < -0.4 is 10.5 Å². The van der Waals surface area contributed by atoms with Crippen LogP contribution >= 0.6 is 0 Å². The van der Waals surface area contributed by atoms with Crippen molar-refractivity contribution in [2.75, 3.05) is 31.1 Å². The Morgan fingerprint density at radius 2 is 1.52 bits per heavy atom. The lowest BCUT2D eigenvalue weighted by Crippen LogP contribution is -2.50. The molecule has 5 rings (SSSR count). The van der Waals surface area contributed by atoms with Gasteiger partial charge < -0.3 is 9.80 Å². The summed E-state index contributed by atoms with van der Waals surface area (Å²) in [6.07, 6.45) is 0. The van der Waals surface area contributed by atoms with Gasteiger partial charge >= 0.3 is 0 Å². The smallest absolute Gasteiger partial charge is 0.294 e. The molecule has 6 nitrogen and oxygen atoms in total. The van der Waals surface area contributed by atoms with E-state index in [9.17, 15) is 14.0 Å². The number of hydrogen-bond acceptors (Lipinski definition) is 4. The first-order valence-electron chi connectivity index (χ1n) is 10.9. The maximum absolute atomic E-state index is 13.5. The summed E-state index contributed by atoms with van der Waals surface area (Å²) in [4.78, 5) is 34.6. The van der Waals surface area contributed by atoms with Crippen molar-refractivity contribution in [2.24, 2.45) is 0 Å². The Bertz CT molecular complexity index is 1340. The van der Waals surface area contributed by atoms with Gasteiger partial charge in [-0.3, -0.25) is 14.2 Å². The number of para-hydroxylation sites is 2. The van der Waals surface area contributed by atoms with Gasteiger partial charge in [0.1, 0.15) is 5.82 Å². The molecular formula is C26H23FN4O2. The molecule has 2 heterocycles. The van der Waals surface area contributed by atoms with Gasteiger partial charge in [-0.25, -0.2) is 9.37 Å². The second kappa shape index (κ2) is 8.86. The summed E-state index contributed by atoms with van der Waals surface area (Å²) < 4.78 is 14.9. The lowest BCUT2D eigenvalue weighted by atomic mass is 10.1. The van der Waals surface area contributed by atoms with E-state index in [1.807, 2.05) is 59.5 Å². The van der Waals surface area contributed by atoms with Gasteiger partial charge in [0.25, 0.3) is 11.5 Å². The summed E-state index contributed by atoms with van der Waals surface area (Å²) in [5.74, 6) is -0.105. The summed E-state index contributed by atoms with van der Waals surface area (Å²) in [5, 5.41) is 0. The van der Waals surface area contributed by atoms with E-state index < -0.39 is 0 Å². The Labute approximate surface area is 190 Å². The van der Waals surface area contributed by atoms with Crippen LogP contribution in [-0.2, 0) is 6.54 Å². The van der Waals surface area contributed by atoms with Crippen molar-refractivity contribution in [3.63, 3.8) is 0 Å². The van der Waals surface area contributed by atoms with Crippen LogP contribution in [0.15, 0.2) is 83.7 Å². The lowest BCUT2D eigenvalue weighted by molar-refractivity contribution is 0.0746. The number of anilines is 1. The van der Waals surface area contributed by atoms with Gasteiger partial charge in [0.15, 0.2) is 5.82 Å². The topological polar surface area (TPSA) is 58.4 Å². The lowest BCUT2D eigenvalue weighted by Gasteiger charge is -2.35. The predicted octanol–water partition coefficient (Wildman–Crippen LogP) is 3.55. The summed E-state index contributed by atoms with van der Waals surface area (Å²) in [6.45, 7) is 2.38. The maximum Gasteiger partial charge on any atom is 0.294 e. The molecule has 0 atom stereocenters. The highest BCUT2D eigenvalue weighted by atomic mass is 19.1. The van der Waals surface area contributed by atoms with E-state index in [4.69, 9.17) is 0 Å². The fourth-order valence-electron chi connectivity index (χ4n) is 4.20. The first-order chi connectivity index (χ1) is 16.1. The Kier molecular flexibility index (Phi) is 5.60. The molecule has 0 unspecified atom stereocenters. The van der Waals surface area contributed by atoms with Crippen LogP contribution in [0.1, 0.15) is 15.9 Å². The Balaban J connectivity index is 1.41. The van der Waals surface area contributed by atoms with E-state index in [1.54, 1.807) is 9.47 Å². The molecule has 1 aromatic heterocycles. The van der Waals surface area contributed by atoms with Crippen LogP contribution in [0.3, 0.4) is 0 Å². The highest BCUT2D eigenvalue weighted by Crippen LogP contribution is 2.18. The van der Waals surface area contributed by atoms with Gasteiger partial charge in [-0.15, -0.1) is 0 Å². The summed E-state index contributed by atoms with van der Waals surface area (Å²) in [5.41, 5.74) is 2.90. The summed E-state index contributed by atoms with van der Waals surface area (Å²) in [6, 6.07) is 23.1. The van der Waals surface area contributed by atoms with E-state index >= 15 is 0 Å². The molecule has 166 valence electrons. The van der Waals surface area contributed by atoms with Crippen molar-refractivity contribution in [2.45, 2.75) is 6.54 Å². The third kappa shape index (κ3) is 4.22. The molecule has 1 saturated heterocycles. The van der Waals surface area contributed by atoms with E-state index in [0.29, 0.717) is 44.1 Å². The number of carbonyl (C=O) groups excluding carboxylic acids is 1. The van der Waals surface area contributed by atoms with E-state index in [2.05, 4.69) is 4.98 Å². The molecule has 33 heavy (non-hydrogen) atoms. The molecule has 0 bridgehead atoms. The highest BCUT2D eigenvalue weighted by Gasteiger charge is 2.25. The Morgan fingerprint density at radius 1 is 0.848 bits per heavy atom. The minimum absolute atomic E-state index is 0.136. The molecule has 3 aromatic carbocycles. The van der Waals surface area contributed by atoms with Gasteiger partial charge in [-0.1, -0.05) is 42.5 Å². The third-order valence-corrected chi connectivity index (χ3v) is 5.98. The minimum Gasteiger partial charge on any atom is -0.348 e. The number of fused-ring (bicyclic) bond motifs is 1. The Morgan fingerprint density at radius 3 is 2.24 bits per heavy atom. The van der Waals surface area contributed by atoms with Crippen molar-refractivity contribution in [3.8, 4) is 0 Å². The van der Waals surface area contributed by atoms with Crippen molar-refractivity contribution in [1.29, 1.82) is 0 Å². The molecule has 1 amide bonds. The second-order valence-electron chi connectivity index (χ2n) is 8.09. The number of nitrogens with zero attached hydrogens (tertiary/aromatic N) is 4. The monoisotopic (exact) mass is 442 g/mol. The van der Waals surface area contributed by atoms with Crippen molar-refractivity contribution in [1.82, 2.24) is 14.5 Å². The molecule has 0 spiro atoms. The fraction of sp³-hybridized carbons (Fsp3) is 0.192. The van der Waals surface area contributed by atoms with Crippen LogP contribution in [0.4, 0.5) is 10.2 Å². The molecule has 7 heteroatoms. The SMILES string of the molecule is O=C(c1ccc(F)cc1)N1CCN(c2nc3ccccc3n(Cc3ccccc3)c2=O)CC1. The number of piperazine rings is 1. The van der Waals surface area contributed by atoms with Crippen molar-refractivity contribution in [3.05, 3.63) is 106 Å². The summed E-state index contributed by atoms with van der Waals surface area (Å²) >= 11 is 0. The third-order valence-electron chi connectivity index (χ3n) is 5.98. The Hall–Kier alpha value is -4.00. The number of halogens is 1. The molecular weight excluding hydrogens is 419 g/mol. The largest absolute Gasteiger partial charge is 0.348 e. The molecule has 0 saturated carbocycles. The quantitative estimate of drug-likeness (QED) is 0.485. The molecule has 0 N–H and O–H groups in total. The molecule has 0 radical (unpaired) electrons. The molecule has 1 aliphatic rings. The van der Waals surface area contributed by atoms with E-state index in [-0.39, 0.29) is 17.3 Å². The predicted molar refractivity (Wildman–Crippen MR) is 126 cm³/mol. The van der Waals surface area contributed by atoms with E-state index in [0.717, 1.165) is 16.6 Å². The maximum atomic E-state index is 13.5. The van der Waals surface area contributed by atoms with Crippen molar-refractivity contribution < 1.29 is 9.18 Å². The van der Waals surface area contributed by atoms with Gasteiger partial charge in [-0.2, -0.15) is 0 Å². The number of benzene rings is 3. The first-order valence-corrected chi connectivity index (χ1v) is 10.9. The summed E-state index contributed by atoms with van der Waals surface area (Å²) in [7, 11) is 0. The zero-order chi connectivity index (χ0) is 22.8. The minimum atomic E-state index is -0.370. The number of aromatic nitrogens is 2. The van der Waals surface area contributed by atoms with Crippen LogP contribution in [0, 0.1) is 5.82 Å². The first kappa shape index (κ1) is 20.9. The van der Waals surface area contributed by atoms with Gasteiger partial charge in [0.05, 0.1) is 17.6 Å². The number of hydrogen-bond donors (Lipinski definition) is 0. The highest BCUT2D eigenvalue weighted by molar-refractivity contribution is 5.94. The number of rotatable bonds is 4. The number of amides is 1. The van der Waals surface area contributed by atoms with Crippen LogP contribution in [0.25, 0.3) is 11.0 Å². The van der Waals surface area contributed by atoms with Crippen LogP contribution in [0.2, 0.25) is 0 Å². The molecule has 4 aromatic rings.